The number of rotatable bonds is 2. The van der Waals surface area contributed by atoms with E-state index < -0.39 is 0 Å². The Morgan fingerprint density at radius 2 is 2.45 bits per heavy atom. The minimum atomic E-state index is -0.100. The van der Waals surface area contributed by atoms with Crippen LogP contribution in [0.3, 0.4) is 0 Å². The zero-order valence-electron chi connectivity index (χ0n) is 6.38. The highest BCUT2D eigenvalue weighted by atomic mass is 32.1. The third kappa shape index (κ3) is 1.51. The van der Waals surface area contributed by atoms with Gasteiger partial charge in [-0.1, -0.05) is 0 Å². The number of carbonyl (C=O) groups excluding carboxylic acids is 1. The first kappa shape index (κ1) is 8.07. The van der Waals surface area contributed by atoms with Gasteiger partial charge in [-0.25, -0.2) is 0 Å². The second-order valence-electron chi connectivity index (χ2n) is 1.90. The standard InChI is InChI=1S/C7H9NO2S/c1-8-7(9)6-5(10-2)3-4-11-6/h3-4H,1-2H3,(H,8,9). The number of thiophene rings is 1. The van der Waals surface area contributed by atoms with E-state index >= 15 is 0 Å². The van der Waals surface area contributed by atoms with Crippen molar-refractivity contribution in [1.82, 2.24) is 5.32 Å². The lowest BCUT2D eigenvalue weighted by molar-refractivity contribution is 0.0964. The van der Waals surface area contributed by atoms with E-state index in [-0.39, 0.29) is 5.91 Å². The minimum absolute atomic E-state index is 0.100. The highest BCUT2D eigenvalue weighted by Gasteiger charge is 2.10. The summed E-state index contributed by atoms with van der Waals surface area (Å²) in [6, 6.07) is 1.77. The van der Waals surface area contributed by atoms with Crippen LogP contribution in [0.1, 0.15) is 9.67 Å². The molecule has 1 amide bonds. The Hall–Kier alpha value is -1.03. The van der Waals surface area contributed by atoms with Crippen LogP contribution >= 0.6 is 11.3 Å². The molecule has 0 aromatic carbocycles. The first-order valence-corrected chi connectivity index (χ1v) is 4.01. The number of hydrogen-bond acceptors (Lipinski definition) is 3. The summed E-state index contributed by atoms with van der Waals surface area (Å²) >= 11 is 1.37. The SMILES string of the molecule is CNC(=O)c1sccc1OC. The molecule has 0 atom stereocenters. The maximum Gasteiger partial charge on any atom is 0.264 e. The molecule has 0 spiro atoms. The van der Waals surface area contributed by atoms with Gasteiger partial charge in [0.15, 0.2) is 0 Å². The van der Waals surface area contributed by atoms with Gasteiger partial charge < -0.3 is 10.1 Å². The first-order valence-electron chi connectivity index (χ1n) is 3.13. The molecule has 1 aromatic rings. The van der Waals surface area contributed by atoms with Gasteiger partial charge in [0.05, 0.1) is 7.11 Å². The molecule has 60 valence electrons. The molecule has 0 unspecified atom stereocenters. The normalized spacial score (nSPS) is 9.27. The van der Waals surface area contributed by atoms with E-state index in [4.69, 9.17) is 4.74 Å². The maximum absolute atomic E-state index is 11.1. The van der Waals surface area contributed by atoms with Gasteiger partial charge in [-0.15, -0.1) is 11.3 Å². The molecule has 0 aliphatic carbocycles. The Morgan fingerprint density at radius 1 is 1.73 bits per heavy atom. The molecule has 0 radical (unpaired) electrons. The van der Waals surface area contributed by atoms with Crippen LogP contribution in [0, 0.1) is 0 Å². The van der Waals surface area contributed by atoms with Gasteiger partial charge in [-0.2, -0.15) is 0 Å². The van der Waals surface area contributed by atoms with Crippen molar-refractivity contribution in [3.63, 3.8) is 0 Å². The summed E-state index contributed by atoms with van der Waals surface area (Å²) in [5.74, 6) is 0.534. The molecule has 0 saturated heterocycles. The largest absolute Gasteiger partial charge is 0.495 e. The lowest BCUT2D eigenvalue weighted by Gasteiger charge is -1.99. The Labute approximate surface area is 69.0 Å². The summed E-state index contributed by atoms with van der Waals surface area (Å²) in [6.07, 6.45) is 0. The van der Waals surface area contributed by atoms with Crippen LogP contribution in [0.5, 0.6) is 5.75 Å². The second kappa shape index (κ2) is 3.39. The van der Waals surface area contributed by atoms with Crippen LogP contribution in [-0.4, -0.2) is 20.1 Å². The highest BCUT2D eigenvalue weighted by Crippen LogP contribution is 2.23. The van der Waals surface area contributed by atoms with Gasteiger partial charge in [0.25, 0.3) is 5.91 Å². The van der Waals surface area contributed by atoms with Crippen molar-refractivity contribution in [3.8, 4) is 5.75 Å². The molecule has 0 fully saturated rings. The van der Waals surface area contributed by atoms with Crippen molar-refractivity contribution in [2.24, 2.45) is 0 Å². The molecule has 11 heavy (non-hydrogen) atoms. The first-order chi connectivity index (χ1) is 5.29. The van der Waals surface area contributed by atoms with Crippen LogP contribution in [-0.2, 0) is 0 Å². The summed E-state index contributed by atoms with van der Waals surface area (Å²) in [5.41, 5.74) is 0. The monoisotopic (exact) mass is 171 g/mol. The quantitative estimate of drug-likeness (QED) is 0.724. The summed E-state index contributed by atoms with van der Waals surface area (Å²) in [5, 5.41) is 4.36. The molecule has 1 aromatic heterocycles. The molecule has 1 heterocycles. The summed E-state index contributed by atoms with van der Waals surface area (Å²) in [7, 11) is 3.15. The topological polar surface area (TPSA) is 38.3 Å². The van der Waals surface area contributed by atoms with Gasteiger partial charge in [0.2, 0.25) is 0 Å². The average molecular weight is 171 g/mol. The summed E-state index contributed by atoms with van der Waals surface area (Å²) in [6.45, 7) is 0. The molecule has 0 saturated carbocycles. The zero-order valence-corrected chi connectivity index (χ0v) is 7.20. The lowest BCUT2D eigenvalue weighted by Crippen LogP contribution is -2.16. The van der Waals surface area contributed by atoms with Crippen LogP contribution in [0.25, 0.3) is 0 Å². The van der Waals surface area contributed by atoms with E-state index in [9.17, 15) is 4.79 Å². The molecule has 0 bridgehead atoms. The number of hydrogen-bond donors (Lipinski definition) is 1. The summed E-state index contributed by atoms with van der Waals surface area (Å²) in [4.78, 5) is 11.7. The van der Waals surface area contributed by atoms with Gasteiger partial charge >= 0.3 is 0 Å². The van der Waals surface area contributed by atoms with E-state index in [1.165, 1.54) is 11.3 Å². The van der Waals surface area contributed by atoms with Crippen molar-refractivity contribution < 1.29 is 9.53 Å². The smallest absolute Gasteiger partial charge is 0.264 e. The molecule has 0 aliphatic rings. The van der Waals surface area contributed by atoms with Crippen LogP contribution < -0.4 is 10.1 Å². The van der Waals surface area contributed by atoms with E-state index in [1.807, 2.05) is 5.38 Å². The summed E-state index contributed by atoms with van der Waals surface area (Å²) < 4.78 is 4.96. The Kier molecular flexibility index (Phi) is 2.48. The Balaban J connectivity index is 2.92. The highest BCUT2D eigenvalue weighted by molar-refractivity contribution is 7.12. The van der Waals surface area contributed by atoms with E-state index in [0.29, 0.717) is 10.6 Å². The second-order valence-corrected chi connectivity index (χ2v) is 2.81. The van der Waals surface area contributed by atoms with Crippen LogP contribution in [0.15, 0.2) is 11.4 Å². The third-order valence-electron chi connectivity index (χ3n) is 1.28. The number of ether oxygens (including phenoxy) is 1. The van der Waals surface area contributed by atoms with Gasteiger partial charge in [0, 0.05) is 7.05 Å². The van der Waals surface area contributed by atoms with Gasteiger partial charge in [-0.05, 0) is 11.4 Å². The zero-order chi connectivity index (χ0) is 8.27. The number of nitrogens with one attached hydrogen (secondary N) is 1. The van der Waals surface area contributed by atoms with E-state index in [0.717, 1.165) is 0 Å². The molecule has 1 rings (SSSR count). The predicted octanol–water partition coefficient (Wildman–Crippen LogP) is 1.12. The molecule has 0 aliphatic heterocycles. The van der Waals surface area contributed by atoms with Gasteiger partial charge in [-0.3, -0.25) is 4.79 Å². The maximum atomic E-state index is 11.1. The predicted molar refractivity (Wildman–Crippen MR) is 44.3 cm³/mol. The minimum Gasteiger partial charge on any atom is -0.495 e. The third-order valence-corrected chi connectivity index (χ3v) is 2.18. The molecule has 1 N–H and O–H groups in total. The fourth-order valence-corrected chi connectivity index (χ4v) is 1.54. The van der Waals surface area contributed by atoms with Crippen molar-refractivity contribution in [2.75, 3.05) is 14.2 Å². The molecular weight excluding hydrogens is 162 g/mol. The number of carbonyl (C=O) groups is 1. The fourth-order valence-electron chi connectivity index (χ4n) is 0.737. The van der Waals surface area contributed by atoms with Crippen molar-refractivity contribution >= 4 is 17.2 Å². The molecule has 3 nitrogen and oxygen atoms in total. The van der Waals surface area contributed by atoms with E-state index in [1.54, 1.807) is 20.2 Å². The number of amides is 1. The number of methoxy groups -OCH3 is 1. The molecular formula is C7H9NO2S. The van der Waals surface area contributed by atoms with Gasteiger partial charge in [0.1, 0.15) is 10.6 Å². The Bertz CT molecular complexity index is 257. The average Bonchev–Trinajstić information content (AvgIpc) is 2.50. The van der Waals surface area contributed by atoms with Crippen molar-refractivity contribution in [3.05, 3.63) is 16.3 Å². The Morgan fingerprint density at radius 3 is 3.00 bits per heavy atom. The fraction of sp³-hybridized carbons (Fsp3) is 0.286. The van der Waals surface area contributed by atoms with Crippen LogP contribution in [0.2, 0.25) is 0 Å². The molecule has 4 heteroatoms. The van der Waals surface area contributed by atoms with Crippen molar-refractivity contribution in [2.45, 2.75) is 0 Å². The van der Waals surface area contributed by atoms with Crippen LogP contribution in [0.4, 0.5) is 0 Å². The lowest BCUT2D eigenvalue weighted by atomic mass is 10.4. The van der Waals surface area contributed by atoms with Crippen molar-refractivity contribution in [1.29, 1.82) is 0 Å². The van der Waals surface area contributed by atoms with E-state index in [2.05, 4.69) is 5.32 Å².